The summed E-state index contributed by atoms with van der Waals surface area (Å²) in [4.78, 5) is 0. The first-order valence-electron chi connectivity index (χ1n) is 4.50. The van der Waals surface area contributed by atoms with Crippen LogP contribution in [0.1, 0.15) is 6.42 Å². The molecule has 2 heterocycles. The molecule has 8 heteroatoms. The Morgan fingerprint density at radius 2 is 2.25 bits per heavy atom. The zero-order valence-corrected chi connectivity index (χ0v) is 12.3. The number of nitrogens with two attached hydrogens (primary N) is 1. The van der Waals surface area contributed by atoms with Crippen LogP contribution in [-0.4, -0.2) is 31.9 Å². The van der Waals surface area contributed by atoms with Gasteiger partial charge in [-0.3, -0.25) is 0 Å². The van der Waals surface area contributed by atoms with E-state index in [1.165, 1.54) is 15.6 Å². The first-order valence-corrected chi connectivity index (χ1v) is 7.62. The summed E-state index contributed by atoms with van der Waals surface area (Å²) in [5.41, 5.74) is 5.70. The number of rotatable bonds is 2. The van der Waals surface area contributed by atoms with E-state index < -0.39 is 10.0 Å². The molecule has 1 aliphatic heterocycles. The average molecular weight is 348 g/mol. The van der Waals surface area contributed by atoms with Crippen LogP contribution in [0.5, 0.6) is 0 Å². The average Bonchev–Trinajstić information content (AvgIpc) is 2.74. The normalized spacial score (nSPS) is 22.0. The van der Waals surface area contributed by atoms with Gasteiger partial charge in [-0.25, -0.2) is 8.42 Å². The minimum atomic E-state index is -3.33. The molecule has 1 atom stereocenters. The topological polar surface area (TPSA) is 63.4 Å². The molecule has 92 valence electrons. The third kappa shape index (κ3) is 2.60. The molecule has 0 aromatic carbocycles. The summed E-state index contributed by atoms with van der Waals surface area (Å²) in [6, 6.07) is 1.71. The predicted molar refractivity (Wildman–Crippen MR) is 70.6 cm³/mol. The maximum absolute atomic E-state index is 12.1. The standard InChI is InChI=1S/C8H11BrN2O2S2.ClH/c9-7-2-4-14-8(7)15(12,13)11-3-1-6(10)5-11;/h2,4,6H,1,3,5,10H2;1H/t6-;/m0./s1. The van der Waals surface area contributed by atoms with Crippen molar-refractivity contribution in [2.45, 2.75) is 16.7 Å². The van der Waals surface area contributed by atoms with Gasteiger partial charge in [-0.05, 0) is 33.8 Å². The fourth-order valence-corrected chi connectivity index (χ4v) is 5.51. The van der Waals surface area contributed by atoms with Gasteiger partial charge in [-0.1, -0.05) is 0 Å². The van der Waals surface area contributed by atoms with Crippen LogP contribution >= 0.6 is 39.7 Å². The molecule has 4 nitrogen and oxygen atoms in total. The van der Waals surface area contributed by atoms with Crippen molar-refractivity contribution in [3.8, 4) is 0 Å². The van der Waals surface area contributed by atoms with Crippen LogP contribution in [-0.2, 0) is 10.0 Å². The Hall–Kier alpha value is 0.340. The number of hydrogen-bond acceptors (Lipinski definition) is 4. The van der Waals surface area contributed by atoms with Crippen LogP contribution in [0.2, 0.25) is 0 Å². The number of thiophene rings is 1. The first-order chi connectivity index (χ1) is 7.01. The van der Waals surface area contributed by atoms with Crippen molar-refractivity contribution >= 4 is 49.7 Å². The predicted octanol–water partition coefficient (Wildman–Crippen LogP) is 1.65. The van der Waals surface area contributed by atoms with E-state index in [1.54, 1.807) is 11.4 Å². The van der Waals surface area contributed by atoms with E-state index in [9.17, 15) is 8.42 Å². The minimum Gasteiger partial charge on any atom is -0.326 e. The third-order valence-corrected chi connectivity index (χ3v) is 6.86. The Labute approximate surface area is 113 Å². The Balaban J connectivity index is 0.00000128. The van der Waals surface area contributed by atoms with Crippen LogP contribution < -0.4 is 5.73 Å². The van der Waals surface area contributed by atoms with Gasteiger partial charge in [0.15, 0.2) is 0 Å². The van der Waals surface area contributed by atoms with Crippen molar-refractivity contribution in [2.24, 2.45) is 5.73 Å². The monoisotopic (exact) mass is 346 g/mol. The molecule has 2 N–H and O–H groups in total. The van der Waals surface area contributed by atoms with Gasteiger partial charge in [0, 0.05) is 23.6 Å². The van der Waals surface area contributed by atoms with Crippen molar-refractivity contribution in [3.63, 3.8) is 0 Å². The summed E-state index contributed by atoms with van der Waals surface area (Å²) in [6.07, 6.45) is 0.738. The van der Waals surface area contributed by atoms with Crippen molar-refractivity contribution < 1.29 is 8.42 Å². The van der Waals surface area contributed by atoms with Crippen LogP contribution in [0.4, 0.5) is 0 Å². The highest BCUT2D eigenvalue weighted by molar-refractivity contribution is 9.10. The van der Waals surface area contributed by atoms with Gasteiger partial charge in [0.25, 0.3) is 10.0 Å². The number of sulfonamides is 1. The van der Waals surface area contributed by atoms with E-state index in [2.05, 4.69) is 15.9 Å². The van der Waals surface area contributed by atoms with Gasteiger partial charge in [0.1, 0.15) is 4.21 Å². The molecular weight excluding hydrogens is 336 g/mol. The molecular formula is C8H12BrClN2O2S2. The molecule has 1 aromatic heterocycles. The quantitative estimate of drug-likeness (QED) is 0.885. The molecule has 16 heavy (non-hydrogen) atoms. The Morgan fingerprint density at radius 3 is 2.69 bits per heavy atom. The molecule has 0 radical (unpaired) electrons. The molecule has 0 amide bonds. The molecule has 0 unspecified atom stereocenters. The summed E-state index contributed by atoms with van der Waals surface area (Å²) >= 11 is 4.46. The van der Waals surface area contributed by atoms with Gasteiger partial charge in [-0.15, -0.1) is 23.7 Å². The van der Waals surface area contributed by atoms with Crippen molar-refractivity contribution in [1.29, 1.82) is 0 Å². The third-order valence-electron chi connectivity index (χ3n) is 2.35. The lowest BCUT2D eigenvalue weighted by molar-refractivity contribution is 0.474. The maximum atomic E-state index is 12.1. The second kappa shape index (κ2) is 5.32. The zero-order chi connectivity index (χ0) is 11.1. The highest BCUT2D eigenvalue weighted by atomic mass is 79.9. The zero-order valence-electron chi connectivity index (χ0n) is 8.30. The van der Waals surface area contributed by atoms with Crippen LogP contribution in [0, 0.1) is 0 Å². The van der Waals surface area contributed by atoms with Crippen LogP contribution in [0.3, 0.4) is 0 Å². The molecule has 1 aliphatic rings. The number of nitrogens with zero attached hydrogens (tertiary/aromatic N) is 1. The number of halogens is 2. The fourth-order valence-electron chi connectivity index (χ4n) is 1.55. The van der Waals surface area contributed by atoms with E-state index in [0.717, 1.165) is 6.42 Å². The van der Waals surface area contributed by atoms with Crippen LogP contribution in [0.15, 0.2) is 20.1 Å². The molecule has 0 bridgehead atoms. The largest absolute Gasteiger partial charge is 0.326 e. The van der Waals surface area contributed by atoms with Crippen molar-refractivity contribution in [3.05, 3.63) is 15.9 Å². The lowest BCUT2D eigenvalue weighted by Crippen LogP contribution is -2.31. The van der Waals surface area contributed by atoms with Crippen molar-refractivity contribution in [1.82, 2.24) is 4.31 Å². The molecule has 0 aliphatic carbocycles. The van der Waals surface area contributed by atoms with Gasteiger partial charge >= 0.3 is 0 Å². The summed E-state index contributed by atoms with van der Waals surface area (Å²) < 4.78 is 26.7. The second-order valence-electron chi connectivity index (χ2n) is 3.47. The summed E-state index contributed by atoms with van der Waals surface area (Å²) in [5.74, 6) is 0. The highest BCUT2D eigenvalue weighted by Gasteiger charge is 2.32. The van der Waals surface area contributed by atoms with Crippen LogP contribution in [0.25, 0.3) is 0 Å². The van der Waals surface area contributed by atoms with Gasteiger partial charge < -0.3 is 5.73 Å². The molecule has 1 saturated heterocycles. The lowest BCUT2D eigenvalue weighted by Gasteiger charge is -2.14. The molecule has 1 aromatic rings. The molecule has 0 saturated carbocycles. The van der Waals surface area contributed by atoms with Gasteiger partial charge in [0.2, 0.25) is 0 Å². The van der Waals surface area contributed by atoms with Gasteiger partial charge in [-0.2, -0.15) is 4.31 Å². The molecule has 2 rings (SSSR count). The minimum absolute atomic E-state index is 0. The van der Waals surface area contributed by atoms with E-state index in [4.69, 9.17) is 5.73 Å². The van der Waals surface area contributed by atoms with Gasteiger partial charge in [0.05, 0.1) is 0 Å². The fraction of sp³-hybridized carbons (Fsp3) is 0.500. The molecule has 1 fully saturated rings. The summed E-state index contributed by atoms with van der Waals surface area (Å²) in [5, 5.41) is 1.76. The Kier molecular flexibility index (Phi) is 4.79. The lowest BCUT2D eigenvalue weighted by atomic mass is 10.3. The van der Waals surface area contributed by atoms with E-state index in [0.29, 0.717) is 21.8 Å². The highest BCUT2D eigenvalue weighted by Crippen LogP contribution is 2.31. The van der Waals surface area contributed by atoms with E-state index in [1.807, 2.05) is 0 Å². The Morgan fingerprint density at radius 1 is 1.56 bits per heavy atom. The summed E-state index contributed by atoms with van der Waals surface area (Å²) in [7, 11) is -3.33. The maximum Gasteiger partial charge on any atom is 0.253 e. The Bertz CT molecular complexity index is 462. The first kappa shape index (κ1) is 14.4. The van der Waals surface area contributed by atoms with E-state index >= 15 is 0 Å². The second-order valence-corrected chi connectivity index (χ2v) is 7.37. The van der Waals surface area contributed by atoms with Crippen molar-refractivity contribution in [2.75, 3.05) is 13.1 Å². The summed E-state index contributed by atoms with van der Waals surface area (Å²) in [6.45, 7) is 0.945. The smallest absolute Gasteiger partial charge is 0.253 e. The number of hydrogen-bond donors (Lipinski definition) is 1. The van der Waals surface area contributed by atoms with E-state index in [-0.39, 0.29) is 18.4 Å². The molecule has 0 spiro atoms. The SMILES string of the molecule is Cl.N[C@H]1CCN(S(=O)(=O)c2sccc2Br)C1.